The first-order valence-electron chi connectivity index (χ1n) is 4.55. The molecule has 0 unspecified atom stereocenters. The Labute approximate surface area is 95.5 Å². The van der Waals surface area contributed by atoms with Crippen molar-refractivity contribution in [2.75, 3.05) is 13.2 Å². The quantitative estimate of drug-likeness (QED) is 0.395. The van der Waals surface area contributed by atoms with Gasteiger partial charge < -0.3 is 4.74 Å². The van der Waals surface area contributed by atoms with Gasteiger partial charge in [0, 0.05) is 6.08 Å². The third-order valence-corrected chi connectivity index (χ3v) is 2.23. The van der Waals surface area contributed by atoms with E-state index < -0.39 is 22.0 Å². The van der Waals surface area contributed by atoms with E-state index in [4.69, 9.17) is 0 Å². The molecule has 0 amide bonds. The fourth-order valence-electron chi connectivity index (χ4n) is 0.668. The van der Waals surface area contributed by atoms with E-state index in [1.165, 1.54) is 0 Å². The van der Waals surface area contributed by atoms with Gasteiger partial charge in [-0.05, 0) is 20.8 Å². The molecule has 0 spiro atoms. The Hall–Kier alpha value is -0.920. The van der Waals surface area contributed by atoms with Crippen LogP contribution in [0.2, 0.25) is 0 Å². The van der Waals surface area contributed by atoms with Crippen LogP contribution in [-0.4, -0.2) is 33.2 Å². The summed E-state index contributed by atoms with van der Waals surface area (Å²) in [4.78, 5) is 10.6. The largest absolute Gasteiger partial charge is 0.460 e. The molecular weight excluding hydrogens is 236 g/mol. The Balaban J connectivity index is 3.93. The van der Waals surface area contributed by atoms with Crippen LogP contribution in [0.4, 0.5) is 0 Å². The molecule has 0 atom stereocenters. The molecule has 0 aromatic carbocycles. The Morgan fingerprint density at radius 1 is 1.31 bits per heavy atom. The van der Waals surface area contributed by atoms with Crippen molar-refractivity contribution in [1.29, 1.82) is 0 Å². The number of hydrogen-bond donors (Lipinski definition) is 0. The number of hydrogen-bond acceptors (Lipinski definition) is 6. The van der Waals surface area contributed by atoms with Crippen LogP contribution in [0, 0.1) is 0 Å². The first-order valence-corrected chi connectivity index (χ1v) is 5.89. The van der Waals surface area contributed by atoms with Crippen LogP contribution in [0.15, 0.2) is 12.7 Å². The lowest BCUT2D eigenvalue weighted by Gasteiger charge is -2.17. The molecule has 0 bridgehead atoms. The Morgan fingerprint density at radius 2 is 1.88 bits per heavy atom. The Morgan fingerprint density at radius 3 is 2.31 bits per heavy atom. The summed E-state index contributed by atoms with van der Waals surface area (Å²) in [5.41, 5.74) is -0.864. The van der Waals surface area contributed by atoms with Crippen LogP contribution >= 0.6 is 0 Å². The highest BCUT2D eigenvalue weighted by molar-refractivity contribution is 7.81. The van der Waals surface area contributed by atoms with Crippen LogP contribution in [0.1, 0.15) is 20.8 Å². The van der Waals surface area contributed by atoms with Crippen molar-refractivity contribution in [3.63, 3.8) is 0 Å². The van der Waals surface area contributed by atoms with Gasteiger partial charge in [-0.15, -0.1) is 0 Å². The minimum atomic E-state index is -4.06. The first kappa shape index (κ1) is 15.1. The van der Waals surface area contributed by atoms with E-state index in [0.29, 0.717) is 0 Å². The van der Waals surface area contributed by atoms with Gasteiger partial charge in [0.1, 0.15) is 13.2 Å². The van der Waals surface area contributed by atoms with Crippen molar-refractivity contribution in [3.05, 3.63) is 12.7 Å². The lowest BCUT2D eigenvalue weighted by molar-refractivity contribution is -0.138. The van der Waals surface area contributed by atoms with Gasteiger partial charge in [0.15, 0.2) is 0 Å². The summed E-state index contributed by atoms with van der Waals surface area (Å²) in [7, 11) is -4.06. The second-order valence-electron chi connectivity index (χ2n) is 3.80. The molecule has 0 heterocycles. The molecule has 0 saturated heterocycles. The van der Waals surface area contributed by atoms with E-state index in [-0.39, 0.29) is 13.2 Å². The monoisotopic (exact) mass is 252 g/mol. The van der Waals surface area contributed by atoms with Crippen molar-refractivity contribution < 1.29 is 26.3 Å². The number of esters is 1. The topological polar surface area (TPSA) is 78.9 Å². The minimum Gasteiger partial charge on any atom is -0.460 e. The smallest absolute Gasteiger partial charge is 0.400 e. The molecule has 0 aliphatic rings. The van der Waals surface area contributed by atoms with E-state index in [1.54, 1.807) is 20.8 Å². The van der Waals surface area contributed by atoms with Crippen molar-refractivity contribution in [2.45, 2.75) is 26.4 Å². The fourth-order valence-corrected chi connectivity index (χ4v) is 1.60. The first-order chi connectivity index (χ1) is 7.16. The molecule has 0 saturated carbocycles. The van der Waals surface area contributed by atoms with Crippen molar-refractivity contribution in [3.8, 4) is 0 Å². The standard InChI is InChI=1S/C9H16O6S/c1-5-8(10)13-6-7-14-16(11,12)15-9(2,3)4/h5H,1,6-7H2,2-4H3. The zero-order valence-electron chi connectivity index (χ0n) is 9.56. The number of rotatable bonds is 6. The SMILES string of the molecule is C=CC(=O)OCCOS(=O)(=O)OC(C)(C)C. The summed E-state index contributed by atoms with van der Waals surface area (Å²) in [6.45, 7) is 7.43. The van der Waals surface area contributed by atoms with Crippen molar-refractivity contribution in [2.24, 2.45) is 0 Å². The van der Waals surface area contributed by atoms with Crippen molar-refractivity contribution in [1.82, 2.24) is 0 Å². The highest BCUT2D eigenvalue weighted by Crippen LogP contribution is 2.12. The molecule has 0 N–H and O–H groups in total. The van der Waals surface area contributed by atoms with E-state index in [1.807, 2.05) is 0 Å². The van der Waals surface area contributed by atoms with Crippen molar-refractivity contribution >= 4 is 16.4 Å². The Kier molecular flexibility index (Phi) is 5.63. The maximum absolute atomic E-state index is 11.2. The molecule has 0 fully saturated rings. The second kappa shape index (κ2) is 5.97. The summed E-state index contributed by atoms with van der Waals surface area (Å²) >= 11 is 0. The fraction of sp³-hybridized carbons (Fsp3) is 0.667. The summed E-state index contributed by atoms with van der Waals surface area (Å²) in [5, 5.41) is 0. The average Bonchev–Trinajstić information content (AvgIpc) is 2.08. The lowest BCUT2D eigenvalue weighted by Crippen LogP contribution is -2.26. The van der Waals surface area contributed by atoms with Gasteiger partial charge >= 0.3 is 16.4 Å². The van der Waals surface area contributed by atoms with Crippen LogP contribution in [-0.2, 0) is 28.3 Å². The maximum Gasteiger partial charge on any atom is 0.400 e. The predicted octanol–water partition coefficient (Wildman–Crippen LogP) is 0.792. The van der Waals surface area contributed by atoms with E-state index in [2.05, 4.69) is 19.7 Å². The highest BCUT2D eigenvalue weighted by atomic mass is 32.3. The van der Waals surface area contributed by atoms with Crippen LogP contribution in [0.5, 0.6) is 0 Å². The van der Waals surface area contributed by atoms with E-state index in [9.17, 15) is 13.2 Å². The zero-order valence-corrected chi connectivity index (χ0v) is 10.4. The summed E-state index contributed by atoms with van der Waals surface area (Å²) in [6.07, 6.45) is 0.972. The minimum absolute atomic E-state index is 0.183. The van der Waals surface area contributed by atoms with Gasteiger partial charge in [-0.1, -0.05) is 6.58 Å². The molecule has 94 valence electrons. The predicted molar refractivity (Wildman–Crippen MR) is 56.9 cm³/mol. The summed E-state index contributed by atoms with van der Waals surface area (Å²) < 4.78 is 35.9. The van der Waals surface area contributed by atoms with E-state index >= 15 is 0 Å². The van der Waals surface area contributed by atoms with Gasteiger partial charge in [-0.2, -0.15) is 8.42 Å². The molecule has 0 aliphatic heterocycles. The number of carbonyl (C=O) groups is 1. The molecule has 0 radical (unpaired) electrons. The van der Waals surface area contributed by atoms with Crippen LogP contribution in [0.3, 0.4) is 0 Å². The molecule has 6 nitrogen and oxygen atoms in total. The normalized spacial score (nSPS) is 12.2. The van der Waals surface area contributed by atoms with Gasteiger partial charge in [-0.3, -0.25) is 0 Å². The van der Waals surface area contributed by atoms with Gasteiger partial charge in [0.2, 0.25) is 0 Å². The molecular formula is C9H16O6S. The third-order valence-electron chi connectivity index (χ3n) is 1.07. The van der Waals surface area contributed by atoms with Gasteiger partial charge in [0.25, 0.3) is 0 Å². The molecule has 0 rings (SSSR count). The van der Waals surface area contributed by atoms with Crippen LogP contribution < -0.4 is 0 Å². The van der Waals surface area contributed by atoms with E-state index in [0.717, 1.165) is 6.08 Å². The van der Waals surface area contributed by atoms with Crippen LogP contribution in [0.25, 0.3) is 0 Å². The molecule has 16 heavy (non-hydrogen) atoms. The Bertz CT molecular complexity index is 338. The summed E-state index contributed by atoms with van der Waals surface area (Å²) in [6, 6.07) is 0. The molecule has 0 aromatic heterocycles. The number of ether oxygens (including phenoxy) is 1. The highest BCUT2D eigenvalue weighted by Gasteiger charge is 2.22. The molecule has 7 heteroatoms. The maximum atomic E-state index is 11.2. The number of carbonyl (C=O) groups excluding carboxylic acids is 1. The third kappa shape index (κ3) is 8.39. The zero-order chi connectivity index (χ0) is 12.8. The molecule has 0 aliphatic carbocycles. The molecule has 0 aromatic rings. The van der Waals surface area contributed by atoms with Gasteiger partial charge in [-0.25, -0.2) is 13.2 Å². The lowest BCUT2D eigenvalue weighted by atomic mass is 10.2. The van der Waals surface area contributed by atoms with Gasteiger partial charge in [0.05, 0.1) is 5.60 Å². The average molecular weight is 252 g/mol. The summed E-state index contributed by atoms with van der Waals surface area (Å²) in [5.74, 6) is -0.641. The second-order valence-corrected chi connectivity index (χ2v) is 5.02.